The summed E-state index contributed by atoms with van der Waals surface area (Å²) in [6, 6.07) is 8.69. The molecule has 0 bridgehead atoms. The van der Waals surface area contributed by atoms with Crippen LogP contribution in [0, 0.1) is 6.92 Å². The van der Waals surface area contributed by atoms with Gasteiger partial charge in [-0.3, -0.25) is 4.79 Å². The van der Waals surface area contributed by atoms with E-state index in [2.05, 4.69) is 10.5 Å². The fraction of sp³-hybridized carbons (Fsp3) is 0.231. The minimum absolute atomic E-state index is 0.141. The first-order valence-electron chi connectivity index (χ1n) is 5.61. The van der Waals surface area contributed by atoms with E-state index in [0.717, 1.165) is 11.5 Å². The molecule has 2 aromatic rings. The van der Waals surface area contributed by atoms with Crippen molar-refractivity contribution in [3.05, 3.63) is 52.4 Å². The summed E-state index contributed by atoms with van der Waals surface area (Å²) < 4.78 is 4.94. The van der Waals surface area contributed by atoms with Gasteiger partial charge in [0.2, 0.25) is 0 Å². The Morgan fingerprint density at radius 2 is 2.28 bits per heavy atom. The zero-order valence-corrected chi connectivity index (χ0v) is 10.7. The van der Waals surface area contributed by atoms with E-state index in [0.29, 0.717) is 23.6 Å². The molecular weight excluding hydrogens is 252 g/mol. The summed E-state index contributed by atoms with van der Waals surface area (Å²) in [5, 5.41) is 7.21. The highest BCUT2D eigenvalue weighted by molar-refractivity contribution is 6.30. The molecule has 0 radical (unpaired) electrons. The number of nitrogens with zero attached hydrogens (tertiary/aromatic N) is 1. The standard InChI is InChI=1S/C13H13ClN2O2/c1-9-7-12(16-18-9)5-6-15-13(17)10-3-2-4-11(14)8-10/h2-4,7-8H,5-6H2,1H3,(H,15,17). The molecule has 0 aliphatic heterocycles. The van der Waals surface area contributed by atoms with Gasteiger partial charge in [0.15, 0.2) is 0 Å². The molecule has 5 heteroatoms. The largest absolute Gasteiger partial charge is 0.361 e. The highest BCUT2D eigenvalue weighted by Crippen LogP contribution is 2.10. The second-order valence-corrected chi connectivity index (χ2v) is 4.38. The summed E-state index contributed by atoms with van der Waals surface area (Å²) in [5.41, 5.74) is 1.39. The third-order valence-electron chi connectivity index (χ3n) is 2.43. The van der Waals surface area contributed by atoms with Gasteiger partial charge >= 0.3 is 0 Å². The number of aromatic nitrogens is 1. The van der Waals surface area contributed by atoms with Crippen LogP contribution in [0.4, 0.5) is 0 Å². The SMILES string of the molecule is Cc1cc(CCNC(=O)c2cccc(Cl)c2)no1. The van der Waals surface area contributed by atoms with Crippen molar-refractivity contribution in [3.63, 3.8) is 0 Å². The smallest absolute Gasteiger partial charge is 0.251 e. The molecule has 0 saturated carbocycles. The van der Waals surface area contributed by atoms with Crippen molar-refractivity contribution in [3.8, 4) is 0 Å². The minimum atomic E-state index is -0.141. The van der Waals surface area contributed by atoms with Gasteiger partial charge in [-0.2, -0.15) is 0 Å². The third kappa shape index (κ3) is 3.34. The Kier molecular flexibility index (Phi) is 3.99. The summed E-state index contributed by atoms with van der Waals surface area (Å²) in [7, 11) is 0. The van der Waals surface area contributed by atoms with Crippen molar-refractivity contribution in [2.75, 3.05) is 6.54 Å². The Bertz CT molecular complexity index is 551. The summed E-state index contributed by atoms with van der Waals surface area (Å²) in [4.78, 5) is 11.8. The number of aryl methyl sites for hydroxylation is 1. The van der Waals surface area contributed by atoms with E-state index in [1.807, 2.05) is 13.0 Å². The normalized spacial score (nSPS) is 10.3. The Morgan fingerprint density at radius 1 is 1.44 bits per heavy atom. The number of benzene rings is 1. The first-order valence-corrected chi connectivity index (χ1v) is 5.99. The minimum Gasteiger partial charge on any atom is -0.361 e. The topological polar surface area (TPSA) is 55.1 Å². The Morgan fingerprint density at radius 3 is 2.94 bits per heavy atom. The summed E-state index contributed by atoms with van der Waals surface area (Å²) in [6.07, 6.45) is 0.643. The second kappa shape index (κ2) is 5.69. The van der Waals surface area contributed by atoms with E-state index in [-0.39, 0.29) is 5.91 Å². The lowest BCUT2D eigenvalue weighted by Gasteiger charge is -2.03. The molecule has 1 N–H and O–H groups in total. The van der Waals surface area contributed by atoms with Crippen molar-refractivity contribution < 1.29 is 9.32 Å². The van der Waals surface area contributed by atoms with Crippen LogP contribution in [0.1, 0.15) is 21.8 Å². The fourth-order valence-electron chi connectivity index (χ4n) is 1.57. The van der Waals surface area contributed by atoms with Gasteiger partial charge in [-0.15, -0.1) is 0 Å². The van der Waals surface area contributed by atoms with Crippen LogP contribution in [0.25, 0.3) is 0 Å². The van der Waals surface area contributed by atoms with E-state index >= 15 is 0 Å². The maximum Gasteiger partial charge on any atom is 0.251 e. The van der Waals surface area contributed by atoms with Gasteiger partial charge in [0.05, 0.1) is 5.69 Å². The number of rotatable bonds is 4. The highest BCUT2D eigenvalue weighted by Gasteiger charge is 2.06. The monoisotopic (exact) mass is 264 g/mol. The lowest BCUT2D eigenvalue weighted by Crippen LogP contribution is -2.25. The van der Waals surface area contributed by atoms with Crippen LogP contribution in [0.3, 0.4) is 0 Å². The van der Waals surface area contributed by atoms with Crippen molar-refractivity contribution in [2.24, 2.45) is 0 Å². The number of amides is 1. The Labute approximate surface area is 110 Å². The van der Waals surface area contributed by atoms with Crippen molar-refractivity contribution >= 4 is 17.5 Å². The lowest BCUT2D eigenvalue weighted by atomic mass is 10.2. The number of hydrogen-bond donors (Lipinski definition) is 1. The third-order valence-corrected chi connectivity index (χ3v) is 2.67. The predicted octanol–water partition coefficient (Wildman–Crippen LogP) is 2.61. The number of halogens is 1. The van der Waals surface area contributed by atoms with E-state index in [1.54, 1.807) is 24.3 Å². The van der Waals surface area contributed by atoms with Crippen LogP contribution < -0.4 is 5.32 Å². The van der Waals surface area contributed by atoms with Crippen LogP contribution in [0.2, 0.25) is 5.02 Å². The van der Waals surface area contributed by atoms with Gasteiger partial charge in [-0.05, 0) is 25.1 Å². The molecule has 0 spiro atoms. The number of carbonyl (C=O) groups excluding carboxylic acids is 1. The van der Waals surface area contributed by atoms with E-state index in [1.165, 1.54) is 0 Å². The zero-order chi connectivity index (χ0) is 13.0. The summed E-state index contributed by atoms with van der Waals surface area (Å²) in [6.45, 7) is 2.35. The number of nitrogens with one attached hydrogen (secondary N) is 1. The Balaban J connectivity index is 1.85. The molecule has 0 aliphatic rings. The van der Waals surface area contributed by atoms with Crippen LogP contribution in [-0.4, -0.2) is 17.6 Å². The molecule has 1 aromatic carbocycles. The molecule has 4 nitrogen and oxygen atoms in total. The van der Waals surface area contributed by atoms with Gasteiger partial charge in [0.1, 0.15) is 5.76 Å². The summed E-state index contributed by atoms with van der Waals surface area (Å²) in [5.74, 6) is 0.629. The molecule has 1 heterocycles. The molecule has 0 atom stereocenters. The molecule has 0 unspecified atom stereocenters. The molecule has 2 rings (SSSR count). The van der Waals surface area contributed by atoms with Crippen LogP contribution in [-0.2, 0) is 6.42 Å². The molecule has 94 valence electrons. The average molecular weight is 265 g/mol. The van der Waals surface area contributed by atoms with Crippen LogP contribution >= 0.6 is 11.6 Å². The first-order chi connectivity index (χ1) is 8.65. The van der Waals surface area contributed by atoms with Gasteiger partial charge < -0.3 is 9.84 Å². The zero-order valence-electron chi connectivity index (χ0n) is 9.94. The maximum atomic E-state index is 11.8. The van der Waals surface area contributed by atoms with Crippen LogP contribution in [0.5, 0.6) is 0 Å². The van der Waals surface area contributed by atoms with Gasteiger partial charge in [-0.1, -0.05) is 22.8 Å². The average Bonchev–Trinajstić information content (AvgIpc) is 2.75. The molecule has 0 aliphatic carbocycles. The van der Waals surface area contributed by atoms with E-state index < -0.39 is 0 Å². The molecule has 0 fully saturated rings. The molecule has 18 heavy (non-hydrogen) atoms. The van der Waals surface area contributed by atoms with Gasteiger partial charge in [-0.25, -0.2) is 0 Å². The number of carbonyl (C=O) groups is 1. The maximum absolute atomic E-state index is 11.8. The van der Waals surface area contributed by atoms with E-state index in [9.17, 15) is 4.79 Å². The quantitative estimate of drug-likeness (QED) is 0.924. The predicted molar refractivity (Wildman–Crippen MR) is 68.7 cm³/mol. The molecule has 1 aromatic heterocycles. The van der Waals surface area contributed by atoms with Crippen molar-refractivity contribution in [1.29, 1.82) is 0 Å². The lowest BCUT2D eigenvalue weighted by molar-refractivity contribution is 0.0954. The van der Waals surface area contributed by atoms with Crippen LogP contribution in [0.15, 0.2) is 34.9 Å². The van der Waals surface area contributed by atoms with Crippen molar-refractivity contribution in [2.45, 2.75) is 13.3 Å². The molecular formula is C13H13ClN2O2. The first kappa shape index (κ1) is 12.6. The van der Waals surface area contributed by atoms with E-state index in [4.69, 9.17) is 16.1 Å². The fourth-order valence-corrected chi connectivity index (χ4v) is 1.76. The van der Waals surface area contributed by atoms with Gasteiger partial charge in [0, 0.05) is 29.6 Å². The molecule has 0 saturated heterocycles. The summed E-state index contributed by atoms with van der Waals surface area (Å²) >= 11 is 5.82. The Hall–Kier alpha value is -1.81. The highest BCUT2D eigenvalue weighted by atomic mass is 35.5. The van der Waals surface area contributed by atoms with Crippen molar-refractivity contribution in [1.82, 2.24) is 10.5 Å². The number of hydrogen-bond acceptors (Lipinski definition) is 3. The molecule has 1 amide bonds. The van der Waals surface area contributed by atoms with Gasteiger partial charge in [0.25, 0.3) is 5.91 Å². The second-order valence-electron chi connectivity index (χ2n) is 3.95.